The molecule has 0 aliphatic carbocycles. The second kappa shape index (κ2) is 6.65. The van der Waals surface area contributed by atoms with Gasteiger partial charge in [0.25, 0.3) is 5.91 Å². The summed E-state index contributed by atoms with van der Waals surface area (Å²) in [6.45, 7) is 1.16. The number of rotatable bonds is 2. The normalized spacial score (nSPS) is 13.4. The summed E-state index contributed by atoms with van der Waals surface area (Å²) in [6, 6.07) is 19.7. The van der Waals surface area contributed by atoms with Crippen molar-refractivity contribution in [1.29, 1.82) is 0 Å². The Morgan fingerprint density at radius 2 is 1.68 bits per heavy atom. The lowest BCUT2D eigenvalue weighted by molar-refractivity contribution is 0.0733. The van der Waals surface area contributed by atoms with Crippen LogP contribution < -0.4 is 0 Å². The van der Waals surface area contributed by atoms with Crippen molar-refractivity contribution < 1.29 is 4.79 Å². The molecule has 0 bridgehead atoms. The van der Waals surface area contributed by atoms with E-state index in [-0.39, 0.29) is 5.91 Å². The van der Waals surface area contributed by atoms with Crippen molar-refractivity contribution in [3.63, 3.8) is 0 Å². The van der Waals surface area contributed by atoms with Crippen molar-refractivity contribution in [3.05, 3.63) is 82.6 Å². The molecule has 1 aromatic heterocycles. The van der Waals surface area contributed by atoms with Gasteiger partial charge < -0.3 is 4.90 Å². The molecule has 0 spiro atoms. The van der Waals surface area contributed by atoms with Crippen LogP contribution in [-0.2, 0) is 13.0 Å². The van der Waals surface area contributed by atoms with Crippen molar-refractivity contribution in [2.75, 3.05) is 6.54 Å². The number of halogens is 1. The van der Waals surface area contributed by atoms with Gasteiger partial charge in [0.2, 0.25) is 0 Å². The molecule has 1 aliphatic rings. The molecule has 0 saturated carbocycles. The van der Waals surface area contributed by atoms with Crippen molar-refractivity contribution in [2.24, 2.45) is 0 Å². The van der Waals surface area contributed by atoms with Gasteiger partial charge >= 0.3 is 0 Å². The number of carbonyl (C=O) groups is 1. The Labute approximate surface area is 151 Å². The van der Waals surface area contributed by atoms with Crippen LogP contribution in [0.4, 0.5) is 0 Å². The highest BCUT2D eigenvalue weighted by Crippen LogP contribution is 2.23. The zero-order valence-electron chi connectivity index (χ0n) is 13.5. The van der Waals surface area contributed by atoms with E-state index in [2.05, 4.69) is 22.3 Å². The summed E-state index contributed by atoms with van der Waals surface area (Å²) in [5, 5.41) is 8.34. The number of aromatic nitrogens is 2. The Balaban J connectivity index is 1.53. The van der Waals surface area contributed by atoms with Crippen LogP contribution in [0.1, 0.15) is 21.6 Å². The van der Waals surface area contributed by atoms with Gasteiger partial charge in [-0.05, 0) is 34.9 Å². The smallest absolute Gasteiger partial charge is 0.254 e. The summed E-state index contributed by atoms with van der Waals surface area (Å²) < 4.78 is 0. The fourth-order valence-corrected chi connectivity index (χ4v) is 3.26. The second-order valence-corrected chi connectivity index (χ2v) is 6.45. The molecular weight excluding hydrogens is 334 g/mol. The Hall–Kier alpha value is -2.72. The highest BCUT2D eigenvalue weighted by Gasteiger charge is 2.23. The number of hydrogen-bond donors (Lipinski definition) is 0. The molecule has 25 heavy (non-hydrogen) atoms. The minimum absolute atomic E-state index is 0.0261. The van der Waals surface area contributed by atoms with Gasteiger partial charge in [-0.2, -0.15) is 5.10 Å². The van der Waals surface area contributed by atoms with E-state index in [9.17, 15) is 4.79 Å². The maximum atomic E-state index is 12.8. The van der Waals surface area contributed by atoms with Crippen LogP contribution in [0.5, 0.6) is 0 Å². The van der Waals surface area contributed by atoms with Crippen LogP contribution in [0.2, 0.25) is 5.15 Å². The highest BCUT2D eigenvalue weighted by molar-refractivity contribution is 6.29. The fraction of sp³-hybridized carbons (Fsp3) is 0.150. The van der Waals surface area contributed by atoms with Gasteiger partial charge in [-0.25, -0.2) is 0 Å². The monoisotopic (exact) mass is 349 g/mol. The van der Waals surface area contributed by atoms with Crippen LogP contribution in [0.3, 0.4) is 0 Å². The summed E-state index contributed by atoms with van der Waals surface area (Å²) in [4.78, 5) is 14.6. The Morgan fingerprint density at radius 1 is 0.960 bits per heavy atom. The maximum Gasteiger partial charge on any atom is 0.254 e. The van der Waals surface area contributed by atoms with E-state index in [1.54, 1.807) is 6.07 Å². The average Bonchev–Trinajstić information content (AvgIpc) is 2.67. The zero-order valence-corrected chi connectivity index (χ0v) is 14.3. The Kier molecular flexibility index (Phi) is 4.20. The molecule has 2 heterocycles. The number of benzene rings is 2. The number of carbonyl (C=O) groups excluding carboxylic acids is 1. The first-order chi connectivity index (χ1) is 12.2. The number of fused-ring (bicyclic) bond motifs is 1. The number of hydrogen-bond acceptors (Lipinski definition) is 3. The summed E-state index contributed by atoms with van der Waals surface area (Å²) in [6.07, 6.45) is 0.702. The SMILES string of the molecule is O=C(c1ccc(-c2ccccc2)cc1)N1CCc2nnc(Cl)cc2C1. The van der Waals surface area contributed by atoms with Crippen molar-refractivity contribution in [3.8, 4) is 11.1 Å². The van der Waals surface area contributed by atoms with Crippen molar-refractivity contribution in [1.82, 2.24) is 15.1 Å². The zero-order chi connectivity index (χ0) is 17.2. The molecule has 4 rings (SSSR count). The fourth-order valence-electron chi connectivity index (χ4n) is 3.09. The predicted octanol–water partition coefficient (Wildman–Crippen LogP) is 4.00. The molecule has 5 heteroatoms. The maximum absolute atomic E-state index is 12.8. The van der Waals surface area contributed by atoms with Gasteiger partial charge in [0.15, 0.2) is 5.15 Å². The molecule has 0 unspecified atom stereocenters. The quantitative estimate of drug-likeness (QED) is 0.702. The standard InChI is InChI=1S/C20H16ClN3O/c21-19-12-17-13-24(11-10-18(17)22-23-19)20(25)16-8-6-15(7-9-16)14-4-2-1-3-5-14/h1-9,12H,10-11,13H2. The van der Waals surface area contributed by atoms with E-state index >= 15 is 0 Å². The summed E-state index contributed by atoms with van der Waals surface area (Å²) >= 11 is 5.92. The molecule has 4 nitrogen and oxygen atoms in total. The molecule has 2 aromatic carbocycles. The lowest BCUT2D eigenvalue weighted by Gasteiger charge is -2.28. The first kappa shape index (κ1) is 15.8. The van der Waals surface area contributed by atoms with E-state index in [4.69, 9.17) is 11.6 Å². The van der Waals surface area contributed by atoms with Crippen molar-refractivity contribution >= 4 is 17.5 Å². The Bertz CT molecular complexity index is 910. The number of amides is 1. The van der Waals surface area contributed by atoms with E-state index in [0.717, 1.165) is 22.4 Å². The Morgan fingerprint density at radius 3 is 2.44 bits per heavy atom. The molecule has 0 N–H and O–H groups in total. The molecule has 3 aromatic rings. The molecule has 1 aliphatic heterocycles. The third-order valence-electron chi connectivity index (χ3n) is 4.44. The molecular formula is C20H16ClN3O. The van der Waals surface area contributed by atoms with E-state index in [1.807, 2.05) is 47.4 Å². The van der Waals surface area contributed by atoms with Gasteiger partial charge in [-0.15, -0.1) is 5.10 Å². The van der Waals surface area contributed by atoms with E-state index in [0.29, 0.717) is 30.2 Å². The third-order valence-corrected chi connectivity index (χ3v) is 4.62. The third kappa shape index (κ3) is 3.26. The van der Waals surface area contributed by atoms with Crippen LogP contribution >= 0.6 is 11.6 Å². The minimum Gasteiger partial charge on any atom is -0.334 e. The molecule has 124 valence electrons. The number of nitrogens with zero attached hydrogens (tertiary/aromatic N) is 3. The molecule has 0 fully saturated rings. The summed E-state index contributed by atoms with van der Waals surface area (Å²) in [7, 11) is 0. The van der Waals surface area contributed by atoms with E-state index < -0.39 is 0 Å². The van der Waals surface area contributed by atoms with E-state index in [1.165, 1.54) is 0 Å². The lowest BCUT2D eigenvalue weighted by Crippen LogP contribution is -2.36. The largest absolute Gasteiger partial charge is 0.334 e. The first-order valence-corrected chi connectivity index (χ1v) is 8.54. The molecule has 1 amide bonds. The minimum atomic E-state index is 0.0261. The molecule has 0 radical (unpaired) electrons. The lowest BCUT2D eigenvalue weighted by atomic mass is 10.0. The topological polar surface area (TPSA) is 46.1 Å². The van der Waals surface area contributed by atoms with Gasteiger partial charge in [0, 0.05) is 25.1 Å². The highest BCUT2D eigenvalue weighted by atomic mass is 35.5. The van der Waals surface area contributed by atoms with Crippen LogP contribution in [-0.4, -0.2) is 27.5 Å². The molecule has 0 saturated heterocycles. The summed E-state index contributed by atoms with van der Waals surface area (Å²) in [5.41, 5.74) is 4.83. The van der Waals surface area contributed by atoms with Gasteiger partial charge in [0.05, 0.1) is 5.69 Å². The molecule has 0 atom stereocenters. The predicted molar refractivity (Wildman–Crippen MR) is 97.4 cm³/mol. The summed E-state index contributed by atoms with van der Waals surface area (Å²) in [5.74, 6) is 0.0261. The van der Waals surface area contributed by atoms with Crippen molar-refractivity contribution in [2.45, 2.75) is 13.0 Å². The van der Waals surface area contributed by atoms with Crippen LogP contribution in [0.25, 0.3) is 11.1 Å². The van der Waals surface area contributed by atoms with Crippen LogP contribution in [0.15, 0.2) is 60.7 Å². The van der Waals surface area contributed by atoms with Gasteiger partial charge in [0.1, 0.15) is 0 Å². The van der Waals surface area contributed by atoms with Gasteiger partial charge in [-0.3, -0.25) is 4.79 Å². The second-order valence-electron chi connectivity index (χ2n) is 6.06. The average molecular weight is 350 g/mol. The van der Waals surface area contributed by atoms with Crippen LogP contribution in [0, 0.1) is 0 Å². The van der Waals surface area contributed by atoms with Gasteiger partial charge in [-0.1, -0.05) is 54.1 Å². The first-order valence-electron chi connectivity index (χ1n) is 8.16.